The van der Waals surface area contributed by atoms with E-state index in [9.17, 15) is 4.79 Å². The summed E-state index contributed by atoms with van der Waals surface area (Å²) in [6.07, 6.45) is 6.82. The second-order valence-corrected chi connectivity index (χ2v) is 3.45. The van der Waals surface area contributed by atoms with E-state index >= 15 is 0 Å². The maximum atomic E-state index is 11.1. The molecule has 1 amide bonds. The molecule has 3 heteroatoms. The van der Waals surface area contributed by atoms with Crippen LogP contribution in [0.5, 0.6) is 0 Å². The highest BCUT2D eigenvalue weighted by atomic mass is 16.6. The number of alkyl carbamates (subject to hydrolysis) is 1. The van der Waals surface area contributed by atoms with Crippen molar-refractivity contribution in [2.75, 3.05) is 0 Å². The van der Waals surface area contributed by atoms with E-state index in [4.69, 9.17) is 4.74 Å². The van der Waals surface area contributed by atoms with Gasteiger partial charge in [-0.05, 0) is 32.6 Å². The zero-order valence-corrected chi connectivity index (χ0v) is 8.21. The van der Waals surface area contributed by atoms with E-state index in [-0.39, 0.29) is 12.2 Å². The second-order valence-electron chi connectivity index (χ2n) is 3.45. The van der Waals surface area contributed by atoms with Crippen molar-refractivity contribution in [1.82, 2.24) is 5.32 Å². The Morgan fingerprint density at radius 3 is 2.46 bits per heavy atom. The van der Waals surface area contributed by atoms with E-state index in [0.29, 0.717) is 0 Å². The van der Waals surface area contributed by atoms with Gasteiger partial charge in [-0.15, -0.1) is 0 Å². The fourth-order valence-electron chi connectivity index (χ4n) is 1.66. The van der Waals surface area contributed by atoms with Gasteiger partial charge in [0, 0.05) is 6.54 Å². The third-order valence-corrected chi connectivity index (χ3v) is 2.34. The number of hydrogen-bond donors (Lipinski definition) is 1. The predicted octanol–water partition coefficient (Wildman–Crippen LogP) is 2.62. The molecule has 0 atom stereocenters. The largest absolute Gasteiger partial charge is 0.446 e. The van der Waals surface area contributed by atoms with Crippen LogP contribution in [0, 0.1) is 6.54 Å². The Labute approximate surface area is 79.8 Å². The van der Waals surface area contributed by atoms with Crippen LogP contribution in [0.1, 0.15) is 45.4 Å². The van der Waals surface area contributed by atoms with Gasteiger partial charge in [0.1, 0.15) is 6.10 Å². The monoisotopic (exact) mass is 184 g/mol. The van der Waals surface area contributed by atoms with Crippen LogP contribution in [0.2, 0.25) is 0 Å². The third-order valence-electron chi connectivity index (χ3n) is 2.34. The van der Waals surface area contributed by atoms with Crippen LogP contribution in [0.15, 0.2) is 0 Å². The van der Waals surface area contributed by atoms with Crippen LogP contribution in [-0.2, 0) is 4.74 Å². The third kappa shape index (κ3) is 4.15. The van der Waals surface area contributed by atoms with E-state index in [0.717, 1.165) is 12.8 Å². The Morgan fingerprint density at radius 2 is 1.92 bits per heavy atom. The lowest BCUT2D eigenvalue weighted by Crippen LogP contribution is -2.26. The number of hydrogen-bond acceptors (Lipinski definition) is 2. The average molecular weight is 184 g/mol. The number of carbonyl (C=O) groups excluding carboxylic acids is 1. The molecular weight excluding hydrogens is 166 g/mol. The van der Waals surface area contributed by atoms with Crippen molar-refractivity contribution in [2.24, 2.45) is 0 Å². The molecule has 75 valence electrons. The Morgan fingerprint density at radius 1 is 1.31 bits per heavy atom. The molecule has 3 nitrogen and oxygen atoms in total. The molecule has 0 heterocycles. The highest BCUT2D eigenvalue weighted by Crippen LogP contribution is 2.19. The normalized spacial score (nSPS) is 19.2. The second kappa shape index (κ2) is 5.84. The van der Waals surface area contributed by atoms with Crippen LogP contribution >= 0.6 is 0 Å². The van der Waals surface area contributed by atoms with E-state index in [1.54, 1.807) is 13.5 Å². The van der Waals surface area contributed by atoms with Crippen LogP contribution in [0.3, 0.4) is 0 Å². The number of amides is 1. The fraction of sp³-hybridized carbons (Fsp3) is 0.800. The zero-order chi connectivity index (χ0) is 9.52. The summed E-state index contributed by atoms with van der Waals surface area (Å²) in [7, 11) is 0. The summed E-state index contributed by atoms with van der Waals surface area (Å²) in [4.78, 5) is 11.1. The Kier molecular flexibility index (Phi) is 4.65. The average Bonchev–Trinajstić information content (AvgIpc) is 2.33. The molecule has 1 N–H and O–H groups in total. The lowest BCUT2D eigenvalue weighted by molar-refractivity contribution is 0.0908. The van der Waals surface area contributed by atoms with E-state index < -0.39 is 0 Å². The first-order chi connectivity index (χ1) is 6.33. The first-order valence-corrected chi connectivity index (χ1v) is 5.08. The fourth-order valence-corrected chi connectivity index (χ4v) is 1.66. The van der Waals surface area contributed by atoms with Crippen molar-refractivity contribution < 1.29 is 9.53 Å². The number of ether oxygens (including phenoxy) is 1. The summed E-state index contributed by atoms with van der Waals surface area (Å²) in [6.45, 7) is 3.37. The quantitative estimate of drug-likeness (QED) is 0.670. The summed E-state index contributed by atoms with van der Waals surface area (Å²) >= 11 is 0. The van der Waals surface area contributed by atoms with Crippen LogP contribution < -0.4 is 5.32 Å². The van der Waals surface area contributed by atoms with Gasteiger partial charge in [-0.2, -0.15) is 0 Å². The van der Waals surface area contributed by atoms with E-state index in [2.05, 4.69) is 5.32 Å². The minimum absolute atomic E-state index is 0.141. The summed E-state index contributed by atoms with van der Waals surface area (Å²) in [5, 5.41) is 2.53. The molecule has 1 aliphatic carbocycles. The molecule has 0 aromatic carbocycles. The van der Waals surface area contributed by atoms with Crippen molar-refractivity contribution in [3.05, 3.63) is 6.54 Å². The van der Waals surface area contributed by atoms with E-state index in [1.807, 2.05) is 0 Å². The van der Waals surface area contributed by atoms with Crippen molar-refractivity contribution in [3.63, 3.8) is 0 Å². The molecule has 1 radical (unpaired) electrons. The maximum Gasteiger partial charge on any atom is 0.407 e. The van der Waals surface area contributed by atoms with Gasteiger partial charge in [0.2, 0.25) is 0 Å². The first kappa shape index (κ1) is 10.4. The molecule has 0 aliphatic heterocycles. The summed E-state index contributed by atoms with van der Waals surface area (Å²) in [5.74, 6) is 0. The Hall–Kier alpha value is -0.730. The molecule has 13 heavy (non-hydrogen) atoms. The molecule has 0 saturated heterocycles. The zero-order valence-electron chi connectivity index (χ0n) is 8.21. The molecule has 1 saturated carbocycles. The summed E-state index contributed by atoms with van der Waals surface area (Å²) in [6, 6.07) is 0. The van der Waals surface area contributed by atoms with Crippen molar-refractivity contribution in [2.45, 2.75) is 51.6 Å². The molecule has 1 rings (SSSR count). The topological polar surface area (TPSA) is 38.3 Å². The smallest absolute Gasteiger partial charge is 0.407 e. The van der Waals surface area contributed by atoms with Gasteiger partial charge in [-0.25, -0.2) is 4.79 Å². The van der Waals surface area contributed by atoms with Gasteiger partial charge in [-0.1, -0.05) is 12.8 Å². The molecule has 0 aromatic heterocycles. The predicted molar refractivity (Wildman–Crippen MR) is 51.1 cm³/mol. The summed E-state index contributed by atoms with van der Waals surface area (Å²) in [5.41, 5.74) is 0. The first-order valence-electron chi connectivity index (χ1n) is 5.08. The Balaban J connectivity index is 2.21. The summed E-state index contributed by atoms with van der Waals surface area (Å²) < 4.78 is 5.23. The van der Waals surface area contributed by atoms with Crippen molar-refractivity contribution in [1.29, 1.82) is 0 Å². The molecule has 1 aliphatic rings. The van der Waals surface area contributed by atoms with Crippen LogP contribution in [-0.4, -0.2) is 12.2 Å². The standard InChI is InChI=1S/C10H18NO2/c1-2-11-10(12)13-9-7-5-3-4-6-8-9/h2,9H,3-8H2,1H3,(H,11,12). The van der Waals surface area contributed by atoms with E-state index in [1.165, 1.54) is 25.7 Å². The van der Waals surface area contributed by atoms with Crippen molar-refractivity contribution in [3.8, 4) is 0 Å². The lowest BCUT2D eigenvalue weighted by Gasteiger charge is -2.14. The maximum absolute atomic E-state index is 11.1. The van der Waals surface area contributed by atoms with Crippen molar-refractivity contribution >= 4 is 6.09 Å². The van der Waals surface area contributed by atoms with Gasteiger partial charge >= 0.3 is 6.09 Å². The molecule has 0 bridgehead atoms. The minimum atomic E-state index is -0.311. The van der Waals surface area contributed by atoms with Gasteiger partial charge < -0.3 is 10.1 Å². The molecule has 0 unspecified atom stereocenters. The number of rotatable bonds is 2. The Bertz CT molecular complexity index is 151. The van der Waals surface area contributed by atoms with Gasteiger partial charge in [0.25, 0.3) is 0 Å². The number of nitrogens with one attached hydrogen (secondary N) is 1. The van der Waals surface area contributed by atoms with Crippen LogP contribution in [0.4, 0.5) is 4.79 Å². The lowest BCUT2D eigenvalue weighted by atomic mass is 10.2. The molecule has 1 fully saturated rings. The highest BCUT2D eigenvalue weighted by Gasteiger charge is 2.15. The SMILES string of the molecule is C[CH]NC(=O)OC1CCCCCC1. The number of carbonyl (C=O) groups is 1. The molecule has 0 spiro atoms. The minimum Gasteiger partial charge on any atom is -0.446 e. The highest BCUT2D eigenvalue weighted by molar-refractivity contribution is 5.67. The van der Waals surface area contributed by atoms with Gasteiger partial charge in [0.15, 0.2) is 0 Å². The van der Waals surface area contributed by atoms with Gasteiger partial charge in [0.05, 0.1) is 0 Å². The molecule has 0 aromatic rings. The van der Waals surface area contributed by atoms with Crippen LogP contribution in [0.25, 0.3) is 0 Å². The molecular formula is C10H18NO2. The van der Waals surface area contributed by atoms with Gasteiger partial charge in [-0.3, -0.25) is 0 Å².